The first kappa shape index (κ1) is 23.0. The number of likely N-dealkylation sites (N-methyl/N-ethyl adjacent to an activating group) is 1. The zero-order valence-electron chi connectivity index (χ0n) is 15.5. The van der Waals surface area contributed by atoms with E-state index in [0.717, 1.165) is 17.0 Å². The Kier molecular flexibility index (Phi) is 7.28. The van der Waals surface area contributed by atoms with Gasteiger partial charge in [0.15, 0.2) is 6.61 Å². The number of carbonyl (C=O) groups excluding carboxylic acids is 3. The number of benzene rings is 2. The lowest BCUT2D eigenvalue weighted by Gasteiger charge is -2.17. The van der Waals surface area contributed by atoms with Crippen molar-refractivity contribution in [3.8, 4) is 5.75 Å². The monoisotopic (exact) mass is 444 g/mol. The molecule has 2 aromatic carbocycles. The first-order valence-electron chi connectivity index (χ1n) is 8.34. The number of phenolic OH excluding ortho intramolecular Hbond substituents is 1. The van der Waals surface area contributed by atoms with E-state index >= 15 is 0 Å². The van der Waals surface area contributed by atoms with Gasteiger partial charge in [0.05, 0.1) is 22.7 Å². The molecular weight excluding hydrogens is 429 g/mol. The third kappa shape index (κ3) is 6.38. The molecule has 30 heavy (non-hydrogen) atoms. The molecule has 0 aliphatic rings. The average molecular weight is 445 g/mol. The Hall–Kier alpha value is -3.27. The van der Waals surface area contributed by atoms with Gasteiger partial charge in [0.25, 0.3) is 5.91 Å². The first-order valence-corrected chi connectivity index (χ1v) is 8.72. The van der Waals surface area contributed by atoms with E-state index in [-0.39, 0.29) is 17.0 Å². The molecular formula is C19H16ClF3N2O5. The molecule has 0 aliphatic heterocycles. The lowest BCUT2D eigenvalue weighted by molar-refractivity contribution is -0.137. The summed E-state index contributed by atoms with van der Waals surface area (Å²) < 4.78 is 43.4. The zero-order chi connectivity index (χ0) is 22.5. The molecule has 0 aliphatic carbocycles. The van der Waals surface area contributed by atoms with E-state index < -0.39 is 47.7 Å². The minimum atomic E-state index is -4.69. The summed E-state index contributed by atoms with van der Waals surface area (Å²) in [7, 11) is 1.26. The van der Waals surface area contributed by atoms with E-state index in [2.05, 4.69) is 5.32 Å². The van der Waals surface area contributed by atoms with Crippen molar-refractivity contribution in [3.63, 3.8) is 0 Å². The number of amides is 2. The second-order valence-electron chi connectivity index (χ2n) is 6.12. The summed E-state index contributed by atoms with van der Waals surface area (Å²) in [5, 5.41) is 11.1. The third-order valence-electron chi connectivity index (χ3n) is 3.77. The number of nitrogens with one attached hydrogen (secondary N) is 1. The van der Waals surface area contributed by atoms with Crippen LogP contribution >= 0.6 is 11.6 Å². The maximum Gasteiger partial charge on any atom is 0.417 e. The summed E-state index contributed by atoms with van der Waals surface area (Å²) in [6, 6.07) is 8.18. The van der Waals surface area contributed by atoms with Gasteiger partial charge in [0.2, 0.25) is 5.91 Å². The number of nitrogens with zero attached hydrogens (tertiary/aromatic N) is 1. The highest BCUT2D eigenvalue weighted by Gasteiger charge is 2.33. The molecule has 2 aromatic rings. The van der Waals surface area contributed by atoms with Gasteiger partial charge in [-0.05, 0) is 36.4 Å². The van der Waals surface area contributed by atoms with E-state index in [1.807, 2.05) is 0 Å². The van der Waals surface area contributed by atoms with E-state index in [1.54, 1.807) is 0 Å². The number of phenols is 1. The van der Waals surface area contributed by atoms with Gasteiger partial charge in [0.1, 0.15) is 5.75 Å². The lowest BCUT2D eigenvalue weighted by atomic mass is 10.2. The number of rotatable bonds is 6. The summed E-state index contributed by atoms with van der Waals surface area (Å²) in [5.74, 6) is -2.48. The number of hydrogen-bond donors (Lipinski definition) is 2. The van der Waals surface area contributed by atoms with Crippen molar-refractivity contribution in [2.75, 3.05) is 25.5 Å². The molecule has 160 valence electrons. The summed E-state index contributed by atoms with van der Waals surface area (Å²) in [4.78, 5) is 36.8. The van der Waals surface area contributed by atoms with Crippen molar-refractivity contribution in [1.82, 2.24) is 4.90 Å². The van der Waals surface area contributed by atoms with Gasteiger partial charge in [-0.25, -0.2) is 4.79 Å². The average Bonchev–Trinajstić information content (AvgIpc) is 2.66. The largest absolute Gasteiger partial charge is 0.508 e. The lowest BCUT2D eigenvalue weighted by Crippen LogP contribution is -2.37. The van der Waals surface area contributed by atoms with Gasteiger partial charge < -0.3 is 20.1 Å². The van der Waals surface area contributed by atoms with Crippen molar-refractivity contribution < 1.29 is 37.4 Å². The second-order valence-corrected chi connectivity index (χ2v) is 6.52. The Labute approximate surface area is 174 Å². The Morgan fingerprint density at radius 3 is 2.50 bits per heavy atom. The fourth-order valence-electron chi connectivity index (χ4n) is 2.28. The topological polar surface area (TPSA) is 95.9 Å². The van der Waals surface area contributed by atoms with Crippen LogP contribution in [0.1, 0.15) is 15.9 Å². The maximum absolute atomic E-state index is 12.9. The molecule has 7 nitrogen and oxygen atoms in total. The fourth-order valence-corrected chi connectivity index (χ4v) is 2.50. The molecule has 0 spiro atoms. The number of alkyl halides is 3. The Morgan fingerprint density at radius 1 is 1.17 bits per heavy atom. The molecule has 0 radical (unpaired) electrons. The molecule has 0 bridgehead atoms. The van der Waals surface area contributed by atoms with Crippen molar-refractivity contribution in [3.05, 3.63) is 58.6 Å². The Morgan fingerprint density at radius 2 is 1.87 bits per heavy atom. The predicted octanol–water partition coefficient (Wildman–Crippen LogP) is 3.32. The summed E-state index contributed by atoms with van der Waals surface area (Å²) in [6.07, 6.45) is -4.69. The SMILES string of the molecule is CN(CC(=O)Nc1ccc(Cl)c(C(F)(F)F)c1)C(=O)COC(=O)c1cccc(O)c1. The fraction of sp³-hybridized carbons (Fsp3) is 0.211. The number of ether oxygens (including phenoxy) is 1. The highest BCUT2D eigenvalue weighted by molar-refractivity contribution is 6.31. The van der Waals surface area contributed by atoms with Crippen molar-refractivity contribution in [1.29, 1.82) is 0 Å². The van der Waals surface area contributed by atoms with E-state index in [0.29, 0.717) is 6.07 Å². The van der Waals surface area contributed by atoms with Crippen LogP contribution in [0.15, 0.2) is 42.5 Å². The smallest absolute Gasteiger partial charge is 0.417 e. The zero-order valence-corrected chi connectivity index (χ0v) is 16.3. The number of halogens is 4. The molecule has 0 heterocycles. The van der Waals surface area contributed by atoms with Crippen LogP contribution in [0.25, 0.3) is 0 Å². The van der Waals surface area contributed by atoms with Gasteiger partial charge >= 0.3 is 12.1 Å². The third-order valence-corrected chi connectivity index (χ3v) is 4.10. The second kappa shape index (κ2) is 9.49. The van der Waals surface area contributed by atoms with Crippen LogP contribution in [0.5, 0.6) is 5.75 Å². The van der Waals surface area contributed by atoms with Crippen molar-refractivity contribution in [2.24, 2.45) is 0 Å². The highest BCUT2D eigenvalue weighted by atomic mass is 35.5. The molecule has 2 amide bonds. The Balaban J connectivity index is 1.89. The van der Waals surface area contributed by atoms with E-state index in [9.17, 15) is 32.7 Å². The van der Waals surface area contributed by atoms with Gasteiger partial charge in [-0.2, -0.15) is 13.2 Å². The van der Waals surface area contributed by atoms with E-state index in [1.165, 1.54) is 31.3 Å². The predicted molar refractivity (Wildman–Crippen MR) is 101 cm³/mol. The molecule has 0 fully saturated rings. The number of carbonyl (C=O) groups is 3. The van der Waals surface area contributed by atoms with Crippen LogP contribution in [-0.4, -0.2) is 48.0 Å². The van der Waals surface area contributed by atoms with Crippen LogP contribution in [0.2, 0.25) is 5.02 Å². The number of esters is 1. The first-order chi connectivity index (χ1) is 14.0. The summed E-state index contributed by atoms with van der Waals surface area (Å²) in [6.45, 7) is -1.16. The molecule has 0 unspecified atom stereocenters. The van der Waals surface area contributed by atoms with Gasteiger partial charge in [-0.1, -0.05) is 17.7 Å². The normalized spacial score (nSPS) is 11.0. The molecule has 0 saturated heterocycles. The van der Waals surface area contributed by atoms with Crippen LogP contribution in [0.3, 0.4) is 0 Å². The van der Waals surface area contributed by atoms with Crippen LogP contribution in [0, 0.1) is 0 Å². The minimum Gasteiger partial charge on any atom is -0.508 e. The van der Waals surface area contributed by atoms with Crippen molar-refractivity contribution >= 4 is 35.1 Å². The highest BCUT2D eigenvalue weighted by Crippen LogP contribution is 2.36. The van der Waals surface area contributed by atoms with Crippen LogP contribution in [0.4, 0.5) is 18.9 Å². The molecule has 0 saturated carbocycles. The molecule has 0 aromatic heterocycles. The van der Waals surface area contributed by atoms with Gasteiger partial charge in [-0.15, -0.1) is 0 Å². The summed E-state index contributed by atoms with van der Waals surface area (Å²) in [5.41, 5.74) is -1.22. The van der Waals surface area contributed by atoms with E-state index in [4.69, 9.17) is 16.3 Å². The Bertz CT molecular complexity index is 965. The molecule has 2 rings (SSSR count). The van der Waals surface area contributed by atoms with Crippen LogP contribution < -0.4 is 5.32 Å². The number of aromatic hydroxyl groups is 1. The van der Waals surface area contributed by atoms with Crippen molar-refractivity contribution in [2.45, 2.75) is 6.18 Å². The number of hydrogen-bond acceptors (Lipinski definition) is 5. The minimum absolute atomic E-state index is 0.0337. The molecule has 11 heteroatoms. The maximum atomic E-state index is 12.9. The molecule has 2 N–H and O–H groups in total. The van der Waals surface area contributed by atoms with Gasteiger partial charge in [-0.3, -0.25) is 9.59 Å². The standard InChI is InChI=1S/C19H16ClF3N2O5/c1-25(17(28)10-30-18(29)11-3-2-4-13(26)7-11)9-16(27)24-12-5-6-15(20)14(8-12)19(21,22)23/h2-8,26H,9-10H2,1H3,(H,24,27). The van der Waals surface area contributed by atoms with Gasteiger partial charge in [0, 0.05) is 12.7 Å². The van der Waals surface area contributed by atoms with Crippen LogP contribution in [-0.2, 0) is 20.5 Å². The summed E-state index contributed by atoms with van der Waals surface area (Å²) >= 11 is 5.52. The number of anilines is 1. The molecule has 0 atom stereocenters. The quantitative estimate of drug-likeness (QED) is 0.666.